The third kappa shape index (κ3) is 2.08. The maximum Gasteiger partial charge on any atom is 0.368 e. The number of nitrogens with zero attached hydrogens (tertiary/aromatic N) is 2. The van der Waals surface area contributed by atoms with Crippen molar-refractivity contribution in [3.05, 3.63) is 29.0 Å². The molecule has 0 spiro atoms. The van der Waals surface area contributed by atoms with Gasteiger partial charge in [0.15, 0.2) is 0 Å². The molecule has 2 bridgehead atoms. The van der Waals surface area contributed by atoms with Crippen LogP contribution in [0.4, 0.5) is 0 Å². The van der Waals surface area contributed by atoms with Crippen LogP contribution in [-0.2, 0) is 4.84 Å². The van der Waals surface area contributed by atoms with Crippen molar-refractivity contribution in [1.82, 2.24) is 4.98 Å². The summed E-state index contributed by atoms with van der Waals surface area (Å²) in [4.78, 5) is 21.0. The third-order valence-electron chi connectivity index (χ3n) is 5.73. The quantitative estimate of drug-likeness (QED) is 0.470. The Bertz CT molecular complexity index is 626. The smallest absolute Gasteiger partial charge is 0.313 e. The van der Waals surface area contributed by atoms with Crippen molar-refractivity contribution >= 4 is 23.3 Å². The molecule has 1 aromatic heterocycles. The number of aromatic nitrogens is 1. The number of rotatable bonds is 2. The number of hydrogen-bond acceptors (Lipinski definition) is 4. The number of carbonyl (C=O) groups excluding carboxylic acids is 1. The summed E-state index contributed by atoms with van der Waals surface area (Å²) < 4.78 is 0. The van der Waals surface area contributed by atoms with Gasteiger partial charge in [-0.2, -0.15) is 0 Å². The molecule has 2 atom stereocenters. The van der Waals surface area contributed by atoms with Gasteiger partial charge in [-0.1, -0.05) is 37.5 Å². The summed E-state index contributed by atoms with van der Waals surface area (Å²) in [6.45, 7) is 6.80. The van der Waals surface area contributed by atoms with Gasteiger partial charge >= 0.3 is 5.97 Å². The molecule has 0 amide bonds. The molecular weight excluding hydrogens is 288 g/mol. The van der Waals surface area contributed by atoms with Crippen molar-refractivity contribution in [1.29, 1.82) is 0 Å². The fourth-order valence-corrected chi connectivity index (χ4v) is 3.95. The predicted molar refractivity (Wildman–Crippen MR) is 81.3 cm³/mol. The molecule has 0 N–H and O–H groups in total. The molecular formula is C16H19ClN2O2. The first kappa shape index (κ1) is 14.5. The second-order valence-corrected chi connectivity index (χ2v) is 7.11. The van der Waals surface area contributed by atoms with Crippen LogP contribution in [0.5, 0.6) is 0 Å². The molecule has 1 heterocycles. The van der Waals surface area contributed by atoms with Gasteiger partial charge in [-0.15, -0.1) is 0 Å². The molecule has 3 rings (SSSR count). The van der Waals surface area contributed by atoms with E-state index in [0.29, 0.717) is 5.92 Å². The highest BCUT2D eigenvalue weighted by atomic mass is 35.5. The van der Waals surface area contributed by atoms with Crippen molar-refractivity contribution in [2.45, 2.75) is 40.0 Å². The molecule has 2 aliphatic carbocycles. The number of carbonyl (C=O) groups is 1. The molecule has 21 heavy (non-hydrogen) atoms. The molecule has 0 saturated heterocycles. The van der Waals surface area contributed by atoms with Crippen LogP contribution in [0.2, 0.25) is 5.15 Å². The standard InChI is InChI=1S/C16H19ClN2O2/c1-15(2)10-6-7-16(15,3)12(9-10)19-21-14(20)11-5-4-8-18-13(11)17/h4-5,8,10H,6-7,9H2,1-3H3/b19-12-/t10-,16+/m0/s1. The van der Waals surface area contributed by atoms with E-state index in [1.807, 2.05) is 0 Å². The van der Waals surface area contributed by atoms with E-state index >= 15 is 0 Å². The van der Waals surface area contributed by atoms with E-state index in [1.54, 1.807) is 12.1 Å². The minimum absolute atomic E-state index is 0.0245. The van der Waals surface area contributed by atoms with E-state index in [0.717, 1.165) is 18.6 Å². The van der Waals surface area contributed by atoms with Crippen LogP contribution in [-0.4, -0.2) is 16.7 Å². The Morgan fingerprint density at radius 2 is 2.24 bits per heavy atom. The summed E-state index contributed by atoms with van der Waals surface area (Å²) in [5, 5.41) is 4.31. The van der Waals surface area contributed by atoms with Crippen LogP contribution in [0.15, 0.2) is 23.5 Å². The van der Waals surface area contributed by atoms with Crippen LogP contribution >= 0.6 is 11.6 Å². The van der Waals surface area contributed by atoms with Gasteiger partial charge in [0.1, 0.15) is 5.15 Å². The molecule has 2 aliphatic rings. The van der Waals surface area contributed by atoms with Crippen molar-refractivity contribution in [3.63, 3.8) is 0 Å². The summed E-state index contributed by atoms with van der Waals surface area (Å²) in [5.41, 5.74) is 1.48. The van der Waals surface area contributed by atoms with Crippen LogP contribution in [0.3, 0.4) is 0 Å². The lowest BCUT2D eigenvalue weighted by Gasteiger charge is -2.34. The number of pyridine rings is 1. The van der Waals surface area contributed by atoms with E-state index in [-0.39, 0.29) is 21.5 Å². The van der Waals surface area contributed by atoms with E-state index in [2.05, 4.69) is 30.9 Å². The molecule has 5 heteroatoms. The monoisotopic (exact) mass is 306 g/mol. The largest absolute Gasteiger partial charge is 0.368 e. The first-order valence-corrected chi connectivity index (χ1v) is 7.63. The van der Waals surface area contributed by atoms with Gasteiger partial charge in [0, 0.05) is 11.6 Å². The lowest BCUT2D eigenvalue weighted by molar-refractivity contribution is 0.0508. The Balaban J connectivity index is 1.79. The summed E-state index contributed by atoms with van der Waals surface area (Å²) in [6, 6.07) is 3.24. The first-order chi connectivity index (χ1) is 9.86. The Kier molecular flexibility index (Phi) is 3.32. The van der Waals surface area contributed by atoms with Crippen LogP contribution < -0.4 is 0 Å². The minimum Gasteiger partial charge on any atom is -0.313 e. The van der Waals surface area contributed by atoms with E-state index in [1.165, 1.54) is 12.6 Å². The normalized spacial score (nSPS) is 31.6. The Morgan fingerprint density at radius 1 is 1.48 bits per heavy atom. The van der Waals surface area contributed by atoms with Gasteiger partial charge in [-0.25, -0.2) is 9.78 Å². The van der Waals surface area contributed by atoms with Gasteiger partial charge in [0.2, 0.25) is 0 Å². The average molecular weight is 307 g/mol. The zero-order valence-corrected chi connectivity index (χ0v) is 13.3. The molecule has 0 aromatic carbocycles. The fraction of sp³-hybridized carbons (Fsp3) is 0.562. The molecule has 0 aliphatic heterocycles. The van der Waals surface area contributed by atoms with Gasteiger partial charge in [0.05, 0.1) is 11.3 Å². The van der Waals surface area contributed by atoms with Crippen LogP contribution in [0, 0.1) is 16.7 Å². The van der Waals surface area contributed by atoms with Crippen molar-refractivity contribution < 1.29 is 9.63 Å². The highest BCUT2D eigenvalue weighted by molar-refractivity contribution is 6.32. The second kappa shape index (κ2) is 4.80. The highest BCUT2D eigenvalue weighted by Crippen LogP contribution is 2.63. The highest BCUT2D eigenvalue weighted by Gasteiger charge is 2.60. The van der Waals surface area contributed by atoms with Crippen LogP contribution in [0.1, 0.15) is 50.4 Å². The van der Waals surface area contributed by atoms with Crippen molar-refractivity contribution in [2.75, 3.05) is 0 Å². The van der Waals surface area contributed by atoms with Gasteiger partial charge in [0.25, 0.3) is 0 Å². The number of fused-ring (bicyclic) bond motifs is 2. The van der Waals surface area contributed by atoms with Gasteiger partial charge in [-0.05, 0) is 42.7 Å². The number of hydrogen-bond donors (Lipinski definition) is 0. The number of oxime groups is 1. The maximum absolute atomic E-state index is 12.0. The summed E-state index contributed by atoms with van der Waals surface area (Å²) in [5.74, 6) is 0.0757. The Labute approximate surface area is 129 Å². The summed E-state index contributed by atoms with van der Waals surface area (Å²) in [6.07, 6.45) is 4.78. The van der Waals surface area contributed by atoms with Gasteiger partial charge in [-0.3, -0.25) is 0 Å². The van der Waals surface area contributed by atoms with Crippen molar-refractivity contribution in [3.8, 4) is 0 Å². The second-order valence-electron chi connectivity index (χ2n) is 6.75. The minimum atomic E-state index is -0.551. The predicted octanol–water partition coefficient (Wildman–Crippen LogP) is 4.09. The third-order valence-corrected chi connectivity index (χ3v) is 6.03. The summed E-state index contributed by atoms with van der Waals surface area (Å²) >= 11 is 5.89. The van der Waals surface area contributed by atoms with Crippen molar-refractivity contribution in [2.24, 2.45) is 21.9 Å². The van der Waals surface area contributed by atoms with Gasteiger partial charge < -0.3 is 4.84 Å². The molecule has 112 valence electrons. The molecule has 4 nitrogen and oxygen atoms in total. The van der Waals surface area contributed by atoms with E-state index in [9.17, 15) is 4.79 Å². The molecule has 2 saturated carbocycles. The lowest BCUT2D eigenvalue weighted by Crippen LogP contribution is -2.32. The SMILES string of the molecule is CC1(C)[C@H]2CC[C@]1(C)/C(=N\OC(=O)c1cccnc1Cl)C2. The molecule has 0 radical (unpaired) electrons. The maximum atomic E-state index is 12.0. The topological polar surface area (TPSA) is 51.5 Å². The molecule has 1 aromatic rings. The zero-order chi connectivity index (χ0) is 15.3. The number of halogens is 1. The average Bonchev–Trinajstić information content (AvgIpc) is 2.78. The fourth-order valence-electron chi connectivity index (χ4n) is 3.75. The summed E-state index contributed by atoms with van der Waals surface area (Å²) in [7, 11) is 0. The first-order valence-electron chi connectivity index (χ1n) is 7.25. The lowest BCUT2D eigenvalue weighted by atomic mass is 9.70. The van der Waals surface area contributed by atoms with E-state index < -0.39 is 5.97 Å². The van der Waals surface area contributed by atoms with Crippen LogP contribution in [0.25, 0.3) is 0 Å². The zero-order valence-electron chi connectivity index (χ0n) is 12.5. The molecule has 0 unspecified atom stereocenters. The molecule has 2 fully saturated rings. The Hall–Kier alpha value is -1.42. The Morgan fingerprint density at radius 3 is 2.81 bits per heavy atom. The van der Waals surface area contributed by atoms with E-state index in [4.69, 9.17) is 16.4 Å².